The zero-order valence-electron chi connectivity index (χ0n) is 12.3. The van der Waals surface area contributed by atoms with Crippen molar-refractivity contribution in [3.05, 3.63) is 29.3 Å². The molecule has 0 aromatic heterocycles. The Morgan fingerprint density at radius 2 is 2.05 bits per heavy atom. The maximum Gasteiger partial charge on any atom is 0.121 e. The fraction of sp³-hybridized carbons (Fsp3) is 0.600. The average molecular weight is 267 g/mol. The van der Waals surface area contributed by atoms with E-state index in [0.29, 0.717) is 6.61 Å². The summed E-state index contributed by atoms with van der Waals surface area (Å²) in [5.41, 5.74) is 1.95. The third kappa shape index (κ3) is 4.49. The number of nitrogens with one attached hydrogen (secondary N) is 1. The van der Waals surface area contributed by atoms with Crippen LogP contribution in [0.2, 0.25) is 0 Å². The largest absolute Gasteiger partial charge is 0.496 e. The lowest BCUT2D eigenvalue weighted by molar-refractivity contribution is 0.117. The third-order valence-corrected chi connectivity index (χ3v) is 3.29. The van der Waals surface area contributed by atoms with Gasteiger partial charge in [-0.25, -0.2) is 0 Å². The van der Waals surface area contributed by atoms with Gasteiger partial charge >= 0.3 is 0 Å². The van der Waals surface area contributed by atoms with Crippen molar-refractivity contribution < 1.29 is 14.6 Å². The fourth-order valence-electron chi connectivity index (χ4n) is 2.14. The molecule has 0 saturated carbocycles. The molecule has 0 aliphatic heterocycles. The number of hydrogen-bond donors (Lipinski definition) is 2. The van der Waals surface area contributed by atoms with E-state index in [1.165, 1.54) is 0 Å². The number of aryl methyl sites for hydroxylation is 1. The predicted molar refractivity (Wildman–Crippen MR) is 76.6 cm³/mol. The molecule has 2 unspecified atom stereocenters. The predicted octanol–water partition coefficient (Wildman–Crippen LogP) is 2.05. The lowest BCUT2D eigenvalue weighted by Gasteiger charge is -2.24. The van der Waals surface area contributed by atoms with E-state index >= 15 is 0 Å². The zero-order valence-corrected chi connectivity index (χ0v) is 12.3. The first-order valence-corrected chi connectivity index (χ1v) is 6.69. The van der Waals surface area contributed by atoms with Crippen LogP contribution in [-0.4, -0.2) is 38.5 Å². The molecule has 0 radical (unpaired) electrons. The van der Waals surface area contributed by atoms with Crippen molar-refractivity contribution in [1.82, 2.24) is 5.32 Å². The van der Waals surface area contributed by atoms with Crippen molar-refractivity contribution in [3.63, 3.8) is 0 Å². The Labute approximate surface area is 115 Å². The van der Waals surface area contributed by atoms with Crippen LogP contribution in [0.25, 0.3) is 0 Å². The molecule has 4 heteroatoms. The minimum absolute atomic E-state index is 0.0305. The summed E-state index contributed by atoms with van der Waals surface area (Å²) in [6, 6.07) is 5.82. The second-order valence-corrected chi connectivity index (χ2v) is 4.64. The number of ether oxygens (including phenoxy) is 2. The van der Waals surface area contributed by atoms with Gasteiger partial charge in [0.05, 0.1) is 19.8 Å². The summed E-state index contributed by atoms with van der Waals surface area (Å²) in [6.07, 6.45) is 0.335. The second-order valence-electron chi connectivity index (χ2n) is 4.64. The Kier molecular flexibility index (Phi) is 6.84. The van der Waals surface area contributed by atoms with Gasteiger partial charge in [0.15, 0.2) is 0 Å². The van der Waals surface area contributed by atoms with Crippen molar-refractivity contribution in [2.24, 2.45) is 0 Å². The van der Waals surface area contributed by atoms with Gasteiger partial charge in [-0.2, -0.15) is 0 Å². The Bertz CT molecular complexity index is 382. The van der Waals surface area contributed by atoms with E-state index in [2.05, 4.69) is 12.2 Å². The van der Waals surface area contributed by atoms with Gasteiger partial charge in [-0.1, -0.05) is 13.0 Å². The Balaban J connectivity index is 2.73. The standard InChI is InChI=1S/C15H25NO3/c1-5-13(16-8-9-18-3)15(17)12-6-7-14(19-4)11(2)10-12/h6-7,10,13,15-17H,5,8-9H2,1-4H3. The van der Waals surface area contributed by atoms with Crippen LogP contribution in [-0.2, 0) is 4.74 Å². The quantitative estimate of drug-likeness (QED) is 0.708. The summed E-state index contributed by atoms with van der Waals surface area (Å²) in [4.78, 5) is 0. The van der Waals surface area contributed by atoms with Crippen LogP contribution in [0.3, 0.4) is 0 Å². The van der Waals surface area contributed by atoms with Crippen LogP contribution < -0.4 is 10.1 Å². The molecule has 1 rings (SSSR count). The number of rotatable bonds is 8. The molecule has 1 aromatic carbocycles. The van der Waals surface area contributed by atoms with Crippen molar-refractivity contribution >= 4 is 0 Å². The summed E-state index contributed by atoms with van der Waals surface area (Å²) < 4.78 is 10.2. The Hall–Kier alpha value is -1.10. The number of methoxy groups -OCH3 is 2. The van der Waals surface area contributed by atoms with E-state index in [-0.39, 0.29) is 6.04 Å². The lowest BCUT2D eigenvalue weighted by atomic mass is 9.98. The fourth-order valence-corrected chi connectivity index (χ4v) is 2.14. The molecule has 2 N–H and O–H groups in total. The topological polar surface area (TPSA) is 50.7 Å². The van der Waals surface area contributed by atoms with Crippen LogP contribution in [0.1, 0.15) is 30.6 Å². The highest BCUT2D eigenvalue weighted by molar-refractivity contribution is 5.37. The first-order chi connectivity index (χ1) is 9.13. The van der Waals surface area contributed by atoms with E-state index in [1.807, 2.05) is 25.1 Å². The molecule has 0 heterocycles. The molecule has 0 aliphatic rings. The monoisotopic (exact) mass is 267 g/mol. The summed E-state index contributed by atoms with van der Waals surface area (Å²) in [5.74, 6) is 0.844. The minimum Gasteiger partial charge on any atom is -0.496 e. The molecule has 2 atom stereocenters. The average Bonchev–Trinajstić information content (AvgIpc) is 2.43. The van der Waals surface area contributed by atoms with Crippen LogP contribution in [0.4, 0.5) is 0 Å². The highest BCUT2D eigenvalue weighted by Gasteiger charge is 2.19. The molecule has 4 nitrogen and oxygen atoms in total. The maximum absolute atomic E-state index is 10.4. The van der Waals surface area contributed by atoms with Gasteiger partial charge in [-0.15, -0.1) is 0 Å². The van der Waals surface area contributed by atoms with Gasteiger partial charge in [-0.05, 0) is 36.6 Å². The van der Waals surface area contributed by atoms with Gasteiger partial charge in [0.2, 0.25) is 0 Å². The first-order valence-electron chi connectivity index (χ1n) is 6.69. The van der Waals surface area contributed by atoms with Crippen molar-refractivity contribution in [2.75, 3.05) is 27.4 Å². The zero-order chi connectivity index (χ0) is 14.3. The van der Waals surface area contributed by atoms with Crippen LogP contribution in [0, 0.1) is 6.92 Å². The van der Waals surface area contributed by atoms with Crippen LogP contribution in [0.5, 0.6) is 5.75 Å². The van der Waals surface area contributed by atoms with E-state index in [4.69, 9.17) is 9.47 Å². The molecule has 0 fully saturated rings. The second kappa shape index (κ2) is 8.15. The van der Waals surface area contributed by atoms with Crippen molar-refractivity contribution in [1.29, 1.82) is 0 Å². The summed E-state index contributed by atoms with van der Waals surface area (Å²) in [5, 5.41) is 13.7. The molecular weight excluding hydrogens is 242 g/mol. The molecule has 0 bridgehead atoms. The van der Waals surface area contributed by atoms with Crippen LogP contribution in [0.15, 0.2) is 18.2 Å². The number of hydrogen-bond acceptors (Lipinski definition) is 4. The molecule has 19 heavy (non-hydrogen) atoms. The third-order valence-electron chi connectivity index (χ3n) is 3.29. The van der Waals surface area contributed by atoms with Gasteiger partial charge in [-0.3, -0.25) is 0 Å². The minimum atomic E-state index is -0.522. The molecule has 1 aromatic rings. The van der Waals surface area contributed by atoms with Crippen molar-refractivity contribution in [2.45, 2.75) is 32.4 Å². The summed E-state index contributed by atoms with van der Waals surface area (Å²) in [7, 11) is 3.32. The molecule has 108 valence electrons. The smallest absolute Gasteiger partial charge is 0.121 e. The van der Waals surface area contributed by atoms with Gasteiger partial charge in [0, 0.05) is 19.7 Å². The van der Waals surface area contributed by atoms with Crippen molar-refractivity contribution in [3.8, 4) is 5.75 Å². The highest BCUT2D eigenvalue weighted by atomic mass is 16.5. The lowest BCUT2D eigenvalue weighted by Crippen LogP contribution is -2.36. The Morgan fingerprint density at radius 3 is 2.58 bits per heavy atom. The molecule has 0 amide bonds. The van der Waals surface area contributed by atoms with Crippen LogP contribution >= 0.6 is 0 Å². The van der Waals surface area contributed by atoms with E-state index < -0.39 is 6.10 Å². The summed E-state index contributed by atoms with van der Waals surface area (Å²) in [6.45, 7) is 5.42. The highest BCUT2D eigenvalue weighted by Crippen LogP contribution is 2.25. The van der Waals surface area contributed by atoms with E-state index in [9.17, 15) is 5.11 Å². The van der Waals surface area contributed by atoms with Gasteiger partial charge in [0.25, 0.3) is 0 Å². The number of aliphatic hydroxyl groups excluding tert-OH is 1. The summed E-state index contributed by atoms with van der Waals surface area (Å²) >= 11 is 0. The van der Waals surface area contributed by atoms with E-state index in [0.717, 1.165) is 29.8 Å². The SMILES string of the molecule is CCC(NCCOC)C(O)c1ccc(OC)c(C)c1. The van der Waals surface area contributed by atoms with Gasteiger partial charge < -0.3 is 19.9 Å². The number of benzene rings is 1. The molecular formula is C15H25NO3. The van der Waals surface area contributed by atoms with Gasteiger partial charge in [0.1, 0.15) is 5.75 Å². The van der Waals surface area contributed by atoms with E-state index in [1.54, 1.807) is 14.2 Å². The maximum atomic E-state index is 10.4. The number of aliphatic hydroxyl groups is 1. The first kappa shape index (κ1) is 16.0. The normalized spacial score (nSPS) is 14.2. The Morgan fingerprint density at radius 1 is 1.32 bits per heavy atom. The molecule has 0 saturated heterocycles. The molecule has 0 aliphatic carbocycles. The molecule has 0 spiro atoms.